The summed E-state index contributed by atoms with van der Waals surface area (Å²) in [4.78, 5) is 4.27. The smallest absolute Gasteiger partial charge is 0.171 e. The molecule has 114 valence electrons. The Bertz CT molecular complexity index is 637. The van der Waals surface area contributed by atoms with Gasteiger partial charge in [0.05, 0.1) is 5.54 Å². The van der Waals surface area contributed by atoms with E-state index < -0.39 is 0 Å². The van der Waals surface area contributed by atoms with Gasteiger partial charge >= 0.3 is 0 Å². The van der Waals surface area contributed by atoms with Gasteiger partial charge in [0.1, 0.15) is 0 Å². The molecule has 1 fully saturated rings. The molecule has 0 bridgehead atoms. The van der Waals surface area contributed by atoms with Crippen LogP contribution in [0.2, 0.25) is 0 Å². The van der Waals surface area contributed by atoms with Crippen LogP contribution < -0.4 is 10.6 Å². The molecule has 0 radical (unpaired) electrons. The molecule has 1 heterocycles. The van der Waals surface area contributed by atoms with Crippen molar-refractivity contribution in [1.82, 2.24) is 10.3 Å². The quantitative estimate of drug-likeness (QED) is 0.768. The third kappa shape index (κ3) is 3.47. The first-order chi connectivity index (χ1) is 10.7. The average Bonchev–Trinajstić information content (AvgIpc) is 3.00. The first-order valence-corrected chi connectivity index (χ1v) is 8.63. The lowest BCUT2D eigenvalue weighted by molar-refractivity contribution is 0.407. The molecule has 0 aliphatic heterocycles. The number of aromatic nitrogens is 1. The number of halogens is 1. The van der Waals surface area contributed by atoms with E-state index in [1.54, 1.807) is 0 Å². The summed E-state index contributed by atoms with van der Waals surface area (Å²) in [6, 6.07) is 12.1. The molecule has 2 aromatic rings. The zero-order chi connectivity index (χ0) is 15.4. The minimum atomic E-state index is -0.0896. The number of nitrogens with zero attached hydrogens (tertiary/aromatic N) is 1. The van der Waals surface area contributed by atoms with Crippen molar-refractivity contribution in [2.75, 3.05) is 5.32 Å². The highest BCUT2D eigenvalue weighted by atomic mass is 79.9. The number of hydrogen-bond acceptors (Lipinski definition) is 2. The molecule has 22 heavy (non-hydrogen) atoms. The lowest BCUT2D eigenvalue weighted by Crippen LogP contribution is -2.45. The maximum atomic E-state index is 5.52. The Kier molecular flexibility index (Phi) is 4.74. The number of anilines is 1. The van der Waals surface area contributed by atoms with Crippen LogP contribution in [0.15, 0.2) is 53.3 Å². The molecule has 0 amide bonds. The van der Waals surface area contributed by atoms with Crippen LogP contribution in [0.1, 0.15) is 31.2 Å². The van der Waals surface area contributed by atoms with Crippen LogP contribution >= 0.6 is 28.1 Å². The summed E-state index contributed by atoms with van der Waals surface area (Å²) in [6.45, 7) is 0. The van der Waals surface area contributed by atoms with Crippen molar-refractivity contribution < 1.29 is 0 Å². The second-order valence-electron chi connectivity index (χ2n) is 5.62. The van der Waals surface area contributed by atoms with Crippen LogP contribution in [-0.2, 0) is 5.54 Å². The lowest BCUT2D eigenvalue weighted by atomic mass is 9.89. The fraction of sp³-hybridized carbons (Fsp3) is 0.294. The van der Waals surface area contributed by atoms with E-state index in [2.05, 4.69) is 37.6 Å². The second-order valence-corrected chi connectivity index (χ2v) is 6.94. The number of pyridine rings is 1. The summed E-state index contributed by atoms with van der Waals surface area (Å²) < 4.78 is 1.06. The molecule has 1 aromatic heterocycles. The van der Waals surface area contributed by atoms with Crippen molar-refractivity contribution in [2.24, 2.45) is 0 Å². The van der Waals surface area contributed by atoms with Crippen LogP contribution in [0.3, 0.4) is 0 Å². The van der Waals surface area contributed by atoms with Crippen molar-refractivity contribution in [3.8, 4) is 0 Å². The number of hydrogen-bond donors (Lipinski definition) is 2. The third-order valence-corrected chi connectivity index (χ3v) is 4.86. The van der Waals surface area contributed by atoms with E-state index in [0.717, 1.165) is 23.0 Å². The number of rotatable bonds is 3. The normalized spacial score (nSPS) is 16.2. The highest BCUT2D eigenvalue weighted by Gasteiger charge is 2.36. The van der Waals surface area contributed by atoms with E-state index in [1.165, 1.54) is 18.4 Å². The fourth-order valence-electron chi connectivity index (χ4n) is 3.02. The Labute approximate surface area is 144 Å². The van der Waals surface area contributed by atoms with Crippen LogP contribution in [-0.4, -0.2) is 10.1 Å². The molecule has 1 saturated carbocycles. The van der Waals surface area contributed by atoms with Crippen LogP contribution in [0.4, 0.5) is 5.69 Å². The molecule has 1 aliphatic carbocycles. The fourth-order valence-corrected chi connectivity index (χ4v) is 3.60. The summed E-state index contributed by atoms with van der Waals surface area (Å²) in [6.07, 6.45) is 8.35. The second kappa shape index (κ2) is 6.75. The van der Waals surface area contributed by atoms with Gasteiger partial charge < -0.3 is 10.6 Å². The van der Waals surface area contributed by atoms with Gasteiger partial charge in [-0.25, -0.2) is 0 Å². The maximum absolute atomic E-state index is 5.52. The van der Waals surface area contributed by atoms with E-state index in [1.807, 2.05) is 42.7 Å². The predicted molar refractivity (Wildman–Crippen MR) is 97.9 cm³/mol. The molecule has 2 N–H and O–H groups in total. The minimum Gasteiger partial charge on any atom is -0.353 e. The summed E-state index contributed by atoms with van der Waals surface area (Å²) in [5.74, 6) is 0. The standard InChI is InChI=1S/C17H18BrN3S/c18-14-5-7-15(8-6-14)20-16(22)21-17(9-1-2-10-17)13-4-3-11-19-12-13/h3-8,11-12H,1-2,9-10H2,(H2,20,21,22). The molecule has 1 aromatic carbocycles. The van der Waals surface area contributed by atoms with Gasteiger partial charge in [-0.05, 0) is 61.0 Å². The number of benzene rings is 1. The zero-order valence-electron chi connectivity index (χ0n) is 12.2. The molecule has 0 unspecified atom stereocenters. The van der Waals surface area contributed by atoms with E-state index >= 15 is 0 Å². The monoisotopic (exact) mass is 375 g/mol. The summed E-state index contributed by atoms with van der Waals surface area (Å²) in [7, 11) is 0. The zero-order valence-corrected chi connectivity index (χ0v) is 14.6. The topological polar surface area (TPSA) is 37.0 Å². The predicted octanol–water partition coefficient (Wildman–Crippen LogP) is 4.60. The molecular weight excluding hydrogens is 358 g/mol. The van der Waals surface area contributed by atoms with Crippen molar-refractivity contribution in [3.05, 3.63) is 58.8 Å². The van der Waals surface area contributed by atoms with Crippen molar-refractivity contribution in [3.63, 3.8) is 0 Å². The van der Waals surface area contributed by atoms with Gasteiger partial charge in [-0.3, -0.25) is 4.98 Å². The van der Waals surface area contributed by atoms with Crippen molar-refractivity contribution in [2.45, 2.75) is 31.2 Å². The summed E-state index contributed by atoms with van der Waals surface area (Å²) in [5, 5.41) is 7.47. The van der Waals surface area contributed by atoms with Crippen molar-refractivity contribution >= 4 is 38.9 Å². The lowest BCUT2D eigenvalue weighted by Gasteiger charge is -2.32. The molecular formula is C17H18BrN3S. The molecule has 0 saturated heterocycles. The maximum Gasteiger partial charge on any atom is 0.171 e. The third-order valence-electron chi connectivity index (χ3n) is 4.13. The van der Waals surface area contributed by atoms with Gasteiger partial charge in [0.15, 0.2) is 5.11 Å². The van der Waals surface area contributed by atoms with Gasteiger partial charge in [-0.15, -0.1) is 0 Å². The molecule has 3 rings (SSSR count). The Morgan fingerprint density at radius 1 is 1.14 bits per heavy atom. The molecule has 3 nitrogen and oxygen atoms in total. The molecule has 5 heteroatoms. The SMILES string of the molecule is S=C(Nc1ccc(Br)cc1)NC1(c2cccnc2)CCCC1. The summed E-state index contributed by atoms with van der Waals surface area (Å²) >= 11 is 8.96. The van der Waals surface area contributed by atoms with Crippen LogP contribution in [0.25, 0.3) is 0 Å². The van der Waals surface area contributed by atoms with E-state index in [-0.39, 0.29) is 5.54 Å². The first-order valence-electron chi connectivity index (χ1n) is 7.43. The van der Waals surface area contributed by atoms with E-state index in [9.17, 15) is 0 Å². The Hall–Kier alpha value is -1.46. The van der Waals surface area contributed by atoms with Crippen molar-refractivity contribution in [1.29, 1.82) is 0 Å². The van der Waals surface area contributed by atoms with Gasteiger partial charge in [0.25, 0.3) is 0 Å². The highest BCUT2D eigenvalue weighted by Crippen LogP contribution is 2.38. The number of thiocarbonyl (C=S) groups is 1. The Morgan fingerprint density at radius 3 is 2.50 bits per heavy atom. The minimum absolute atomic E-state index is 0.0896. The molecule has 1 aliphatic rings. The van der Waals surface area contributed by atoms with Crippen LogP contribution in [0.5, 0.6) is 0 Å². The first kappa shape index (κ1) is 15.4. The van der Waals surface area contributed by atoms with Gasteiger partial charge in [0, 0.05) is 22.6 Å². The largest absolute Gasteiger partial charge is 0.353 e. The molecule has 0 spiro atoms. The Balaban J connectivity index is 1.74. The molecule has 0 atom stereocenters. The van der Waals surface area contributed by atoms with Crippen LogP contribution in [0, 0.1) is 0 Å². The highest BCUT2D eigenvalue weighted by molar-refractivity contribution is 9.10. The average molecular weight is 376 g/mol. The van der Waals surface area contributed by atoms with Gasteiger partial charge in [-0.2, -0.15) is 0 Å². The summed E-state index contributed by atoms with van der Waals surface area (Å²) in [5.41, 5.74) is 2.11. The van der Waals surface area contributed by atoms with E-state index in [4.69, 9.17) is 12.2 Å². The van der Waals surface area contributed by atoms with Gasteiger partial charge in [0.2, 0.25) is 0 Å². The van der Waals surface area contributed by atoms with E-state index in [0.29, 0.717) is 5.11 Å². The number of nitrogens with one attached hydrogen (secondary N) is 2. The Morgan fingerprint density at radius 2 is 1.86 bits per heavy atom. The van der Waals surface area contributed by atoms with Gasteiger partial charge in [-0.1, -0.05) is 34.8 Å².